The molecule has 1 heterocycles. The van der Waals surface area contributed by atoms with E-state index in [4.69, 9.17) is 0 Å². The third kappa shape index (κ3) is 2.78. The topological polar surface area (TPSA) is 12.5 Å². The minimum Gasteiger partial charge on any atom is -0.428 e. The molecular weight excluding hydrogens is 243 g/mol. The summed E-state index contributed by atoms with van der Waals surface area (Å²) in [7, 11) is 0. The first-order valence-corrected chi connectivity index (χ1v) is 5.76. The molecule has 0 radical (unpaired) electrons. The molecule has 1 aliphatic heterocycles. The molecule has 1 fully saturated rings. The van der Waals surface area contributed by atoms with E-state index >= 15 is 0 Å². The van der Waals surface area contributed by atoms with Gasteiger partial charge < -0.3 is 9.64 Å². The Morgan fingerprint density at radius 1 is 1.28 bits per heavy atom. The minimum absolute atomic E-state index is 0.208. The van der Waals surface area contributed by atoms with E-state index in [0.717, 1.165) is 18.9 Å². The Kier molecular flexibility index (Phi) is 3.50. The van der Waals surface area contributed by atoms with Gasteiger partial charge in [-0.05, 0) is 25.0 Å². The summed E-state index contributed by atoms with van der Waals surface area (Å²) >= 11 is 0. The second-order valence-electron chi connectivity index (χ2n) is 4.22. The van der Waals surface area contributed by atoms with Crippen LogP contribution < -0.4 is 4.74 Å². The molecule has 2 rings (SSSR count). The summed E-state index contributed by atoms with van der Waals surface area (Å²) in [5.74, 6) is -0.824. The summed E-state index contributed by atoms with van der Waals surface area (Å²) in [6, 6.07) is 4.69. The molecule has 0 bridgehead atoms. The number of hydrogen-bond acceptors (Lipinski definition) is 2. The number of hydrogen-bond donors (Lipinski definition) is 0. The Balaban J connectivity index is 2.08. The molecule has 98 valence electrons. The summed E-state index contributed by atoms with van der Waals surface area (Å²) in [6.07, 6.45) is -1.78. The van der Waals surface area contributed by atoms with Gasteiger partial charge in [-0.1, -0.05) is 12.6 Å². The Labute approximate surface area is 104 Å². The second-order valence-corrected chi connectivity index (χ2v) is 4.22. The number of halogens is 3. The molecule has 1 aromatic rings. The molecule has 0 spiro atoms. The first-order chi connectivity index (χ1) is 8.49. The lowest BCUT2D eigenvalue weighted by Gasteiger charge is -2.27. The van der Waals surface area contributed by atoms with Crippen LogP contribution in [-0.4, -0.2) is 24.1 Å². The van der Waals surface area contributed by atoms with Gasteiger partial charge in [0.1, 0.15) is 17.3 Å². The van der Waals surface area contributed by atoms with Gasteiger partial charge in [-0.25, -0.2) is 4.39 Å². The fraction of sp³-hybridized carbons (Fsp3) is 0.385. The number of ether oxygens (including phenoxy) is 1. The number of nitrogens with zero attached hydrogens (tertiary/aromatic N) is 1. The molecule has 0 atom stereocenters. The molecule has 0 unspecified atom stereocenters. The van der Waals surface area contributed by atoms with Crippen LogP contribution >= 0.6 is 0 Å². The third-order valence-corrected chi connectivity index (χ3v) is 2.87. The van der Waals surface area contributed by atoms with Crippen LogP contribution in [0.3, 0.4) is 0 Å². The largest absolute Gasteiger partial charge is 0.441 e. The maximum Gasteiger partial charge on any atom is 0.441 e. The maximum absolute atomic E-state index is 13.8. The van der Waals surface area contributed by atoms with Crippen molar-refractivity contribution in [2.24, 2.45) is 0 Å². The smallest absolute Gasteiger partial charge is 0.428 e. The number of benzene rings is 1. The van der Waals surface area contributed by atoms with E-state index in [9.17, 15) is 13.2 Å². The van der Waals surface area contributed by atoms with Gasteiger partial charge in [0.25, 0.3) is 0 Å². The molecule has 1 saturated heterocycles. The van der Waals surface area contributed by atoms with Crippen molar-refractivity contribution in [3.05, 3.63) is 42.4 Å². The Morgan fingerprint density at radius 3 is 2.56 bits per heavy atom. The molecule has 1 aliphatic rings. The van der Waals surface area contributed by atoms with Crippen molar-refractivity contribution in [2.45, 2.75) is 19.0 Å². The van der Waals surface area contributed by atoms with Crippen LogP contribution in [0, 0.1) is 5.82 Å². The van der Waals surface area contributed by atoms with Gasteiger partial charge in [0.05, 0.1) is 0 Å². The van der Waals surface area contributed by atoms with Crippen LogP contribution in [0.25, 0.3) is 0 Å². The highest BCUT2D eigenvalue weighted by atomic mass is 19.3. The zero-order valence-corrected chi connectivity index (χ0v) is 9.83. The van der Waals surface area contributed by atoms with E-state index in [1.165, 1.54) is 23.1 Å². The summed E-state index contributed by atoms with van der Waals surface area (Å²) < 4.78 is 45.0. The van der Waals surface area contributed by atoms with Crippen LogP contribution in [-0.2, 0) is 0 Å². The molecule has 0 aromatic heterocycles. The van der Waals surface area contributed by atoms with E-state index in [2.05, 4.69) is 11.3 Å². The van der Waals surface area contributed by atoms with Crippen LogP contribution in [0.5, 0.6) is 5.75 Å². The standard InChI is InChI=1S/C13H14F3NO/c1-10(17-7-2-3-8-17)13(15,16)18-12-6-4-5-11(14)9-12/h4-6,9H,1-3,7-8H2. The Hall–Kier alpha value is -1.65. The van der Waals surface area contributed by atoms with Gasteiger partial charge in [0, 0.05) is 19.2 Å². The normalized spacial score (nSPS) is 15.8. The van der Waals surface area contributed by atoms with Crippen LogP contribution in [0.4, 0.5) is 13.2 Å². The second kappa shape index (κ2) is 4.92. The number of alkyl halides is 2. The average molecular weight is 257 g/mol. The van der Waals surface area contributed by atoms with Gasteiger partial charge in [0.15, 0.2) is 0 Å². The van der Waals surface area contributed by atoms with Crippen LogP contribution in [0.15, 0.2) is 36.5 Å². The third-order valence-electron chi connectivity index (χ3n) is 2.87. The van der Waals surface area contributed by atoms with E-state index in [1.807, 2.05) is 0 Å². The monoisotopic (exact) mass is 257 g/mol. The van der Waals surface area contributed by atoms with E-state index in [-0.39, 0.29) is 11.4 Å². The molecule has 5 heteroatoms. The zero-order valence-electron chi connectivity index (χ0n) is 9.83. The van der Waals surface area contributed by atoms with Crippen molar-refractivity contribution in [1.82, 2.24) is 4.90 Å². The predicted molar refractivity (Wildman–Crippen MR) is 61.9 cm³/mol. The number of rotatable bonds is 4. The first-order valence-electron chi connectivity index (χ1n) is 5.76. The molecule has 18 heavy (non-hydrogen) atoms. The highest BCUT2D eigenvalue weighted by Gasteiger charge is 2.40. The maximum atomic E-state index is 13.8. The predicted octanol–water partition coefficient (Wildman–Crippen LogP) is 3.41. The molecular formula is C13H14F3NO. The van der Waals surface area contributed by atoms with Gasteiger partial charge in [0.2, 0.25) is 0 Å². The Bertz CT molecular complexity index is 442. The summed E-state index contributed by atoms with van der Waals surface area (Å²) in [6.45, 7) is 4.50. The summed E-state index contributed by atoms with van der Waals surface area (Å²) in [4.78, 5) is 1.50. The summed E-state index contributed by atoms with van der Waals surface area (Å²) in [5, 5.41) is 0. The van der Waals surface area contributed by atoms with E-state index in [0.29, 0.717) is 13.1 Å². The lowest BCUT2D eigenvalue weighted by atomic mass is 10.3. The van der Waals surface area contributed by atoms with Crippen molar-refractivity contribution in [3.63, 3.8) is 0 Å². The first kappa shape index (κ1) is 12.8. The molecule has 0 aliphatic carbocycles. The van der Waals surface area contributed by atoms with Crippen molar-refractivity contribution in [3.8, 4) is 5.75 Å². The lowest BCUT2D eigenvalue weighted by Crippen LogP contribution is -2.36. The van der Waals surface area contributed by atoms with E-state index < -0.39 is 11.9 Å². The molecule has 1 aromatic carbocycles. The van der Waals surface area contributed by atoms with Crippen molar-refractivity contribution < 1.29 is 17.9 Å². The molecule has 0 N–H and O–H groups in total. The summed E-state index contributed by atoms with van der Waals surface area (Å²) in [5.41, 5.74) is -0.371. The molecule has 2 nitrogen and oxygen atoms in total. The highest BCUT2D eigenvalue weighted by molar-refractivity contribution is 5.24. The van der Waals surface area contributed by atoms with Crippen LogP contribution in [0.1, 0.15) is 12.8 Å². The lowest BCUT2D eigenvalue weighted by molar-refractivity contribution is -0.156. The van der Waals surface area contributed by atoms with Gasteiger partial charge >= 0.3 is 6.11 Å². The van der Waals surface area contributed by atoms with Gasteiger partial charge in [-0.3, -0.25) is 0 Å². The fourth-order valence-electron chi connectivity index (χ4n) is 1.91. The Morgan fingerprint density at radius 2 is 1.94 bits per heavy atom. The SMILES string of the molecule is C=C(N1CCCC1)C(F)(F)Oc1cccc(F)c1. The zero-order chi connectivity index (χ0) is 13.2. The molecule has 0 amide bonds. The average Bonchev–Trinajstić information content (AvgIpc) is 2.80. The highest BCUT2D eigenvalue weighted by Crippen LogP contribution is 2.31. The van der Waals surface area contributed by atoms with Crippen molar-refractivity contribution in [1.29, 1.82) is 0 Å². The quantitative estimate of drug-likeness (QED) is 0.819. The number of likely N-dealkylation sites (tertiary alicyclic amines) is 1. The van der Waals surface area contributed by atoms with Crippen molar-refractivity contribution >= 4 is 0 Å². The van der Waals surface area contributed by atoms with Gasteiger partial charge in [-0.2, -0.15) is 8.78 Å². The van der Waals surface area contributed by atoms with E-state index in [1.54, 1.807) is 0 Å². The van der Waals surface area contributed by atoms with Gasteiger partial charge in [-0.15, -0.1) is 0 Å². The van der Waals surface area contributed by atoms with Crippen LogP contribution in [0.2, 0.25) is 0 Å². The fourth-order valence-corrected chi connectivity index (χ4v) is 1.91. The van der Waals surface area contributed by atoms with Crippen molar-refractivity contribution in [2.75, 3.05) is 13.1 Å². The molecule has 0 saturated carbocycles. The minimum atomic E-state index is -3.52.